The molecule has 2 atom stereocenters. The minimum absolute atomic E-state index is 0.0961. The zero-order valence-electron chi connectivity index (χ0n) is 12.4. The van der Waals surface area contributed by atoms with E-state index >= 15 is 0 Å². The van der Waals surface area contributed by atoms with Crippen LogP contribution in [-0.2, 0) is 11.2 Å². The van der Waals surface area contributed by atoms with E-state index in [0.29, 0.717) is 24.4 Å². The van der Waals surface area contributed by atoms with Crippen molar-refractivity contribution in [1.29, 1.82) is 0 Å². The summed E-state index contributed by atoms with van der Waals surface area (Å²) in [5.74, 6) is 1.28. The van der Waals surface area contributed by atoms with Gasteiger partial charge in [0.15, 0.2) is 0 Å². The summed E-state index contributed by atoms with van der Waals surface area (Å²) in [6, 6.07) is 4.27. The van der Waals surface area contributed by atoms with Gasteiger partial charge in [-0.15, -0.1) is 0 Å². The predicted molar refractivity (Wildman–Crippen MR) is 77.9 cm³/mol. The van der Waals surface area contributed by atoms with Gasteiger partial charge in [0.25, 0.3) is 0 Å². The van der Waals surface area contributed by atoms with Gasteiger partial charge in [0, 0.05) is 18.8 Å². The van der Waals surface area contributed by atoms with Crippen LogP contribution in [0, 0.1) is 0 Å². The second kappa shape index (κ2) is 6.32. The van der Waals surface area contributed by atoms with Crippen LogP contribution in [0.2, 0.25) is 0 Å². The fourth-order valence-electron chi connectivity index (χ4n) is 2.73. The number of likely N-dealkylation sites (N-methyl/N-ethyl adjacent to an activating group) is 1. The Kier molecular flexibility index (Phi) is 4.26. The summed E-state index contributed by atoms with van der Waals surface area (Å²) in [6.45, 7) is 3.47. The Morgan fingerprint density at radius 3 is 3.14 bits per heavy atom. The first kappa shape index (κ1) is 14.2. The summed E-state index contributed by atoms with van der Waals surface area (Å²) in [5.41, 5.74) is 1.92. The molecule has 6 heteroatoms. The summed E-state index contributed by atoms with van der Waals surface area (Å²) < 4.78 is 11.0. The minimum Gasteiger partial charge on any atom is -0.381 e. The minimum atomic E-state index is 0.0961. The van der Waals surface area contributed by atoms with Gasteiger partial charge >= 0.3 is 0 Å². The molecule has 3 heterocycles. The average Bonchev–Trinajstić information content (AvgIpc) is 3.04. The molecule has 0 radical (unpaired) electrons. The van der Waals surface area contributed by atoms with E-state index in [1.807, 2.05) is 19.2 Å². The molecule has 1 aliphatic heterocycles. The van der Waals surface area contributed by atoms with Gasteiger partial charge in [0.1, 0.15) is 5.69 Å². The third-order valence-electron chi connectivity index (χ3n) is 3.97. The monoisotopic (exact) mass is 288 g/mol. The summed E-state index contributed by atoms with van der Waals surface area (Å²) in [7, 11) is 1.95. The Bertz CT molecular complexity index is 599. The zero-order chi connectivity index (χ0) is 14.7. The van der Waals surface area contributed by atoms with E-state index in [2.05, 4.69) is 27.4 Å². The molecule has 0 saturated carbocycles. The molecule has 21 heavy (non-hydrogen) atoms. The smallest absolute Gasteiger partial charge is 0.234 e. The molecular weight excluding hydrogens is 268 g/mol. The van der Waals surface area contributed by atoms with Crippen molar-refractivity contribution in [3.63, 3.8) is 0 Å². The first-order chi connectivity index (χ1) is 10.3. The number of rotatable bonds is 4. The van der Waals surface area contributed by atoms with E-state index in [9.17, 15) is 0 Å². The third-order valence-corrected chi connectivity index (χ3v) is 3.97. The largest absolute Gasteiger partial charge is 0.381 e. The molecule has 0 aliphatic carbocycles. The van der Waals surface area contributed by atoms with Crippen molar-refractivity contribution in [2.45, 2.75) is 31.7 Å². The molecule has 0 bridgehead atoms. The van der Waals surface area contributed by atoms with Crippen molar-refractivity contribution in [1.82, 2.24) is 20.4 Å². The van der Waals surface area contributed by atoms with Crippen LogP contribution >= 0.6 is 0 Å². The highest BCUT2D eigenvalue weighted by Crippen LogP contribution is 2.27. The van der Waals surface area contributed by atoms with Crippen LogP contribution in [0.1, 0.15) is 30.7 Å². The molecule has 3 rings (SSSR count). The number of nitrogens with one attached hydrogen (secondary N) is 1. The summed E-state index contributed by atoms with van der Waals surface area (Å²) in [6.07, 6.45) is 3.59. The lowest BCUT2D eigenvalue weighted by Gasteiger charge is -2.28. The number of aryl methyl sites for hydroxylation is 1. The van der Waals surface area contributed by atoms with Crippen molar-refractivity contribution < 1.29 is 9.26 Å². The van der Waals surface area contributed by atoms with Crippen LogP contribution < -0.4 is 5.32 Å². The van der Waals surface area contributed by atoms with E-state index in [1.54, 1.807) is 6.20 Å². The summed E-state index contributed by atoms with van der Waals surface area (Å²) >= 11 is 0. The Labute approximate surface area is 123 Å². The highest BCUT2D eigenvalue weighted by atomic mass is 16.5. The van der Waals surface area contributed by atoms with Gasteiger partial charge in [-0.2, -0.15) is 4.98 Å². The fourth-order valence-corrected chi connectivity index (χ4v) is 2.73. The maximum Gasteiger partial charge on any atom is 0.234 e. The lowest BCUT2D eigenvalue weighted by Crippen LogP contribution is -2.39. The summed E-state index contributed by atoms with van der Waals surface area (Å²) in [4.78, 5) is 8.94. The molecule has 2 aromatic rings. The van der Waals surface area contributed by atoms with Gasteiger partial charge in [-0.1, -0.05) is 18.1 Å². The van der Waals surface area contributed by atoms with Gasteiger partial charge in [0.2, 0.25) is 11.7 Å². The molecule has 1 saturated heterocycles. The number of hydrogen-bond donors (Lipinski definition) is 1. The Hall–Kier alpha value is -1.79. The lowest BCUT2D eigenvalue weighted by molar-refractivity contribution is 0.0516. The lowest BCUT2D eigenvalue weighted by atomic mass is 9.96. The quantitative estimate of drug-likeness (QED) is 0.924. The molecule has 6 nitrogen and oxygen atoms in total. The third kappa shape index (κ3) is 2.82. The van der Waals surface area contributed by atoms with Crippen LogP contribution in [0.15, 0.2) is 22.9 Å². The maximum atomic E-state index is 5.55. The van der Waals surface area contributed by atoms with Gasteiger partial charge in [-0.05, 0) is 31.5 Å². The molecule has 1 N–H and O–H groups in total. The van der Waals surface area contributed by atoms with E-state index in [-0.39, 0.29) is 5.92 Å². The molecule has 2 aromatic heterocycles. The average molecular weight is 288 g/mol. The number of aromatic nitrogens is 3. The molecule has 0 aromatic carbocycles. The van der Waals surface area contributed by atoms with Crippen LogP contribution in [0.5, 0.6) is 0 Å². The molecule has 0 amide bonds. The maximum absolute atomic E-state index is 5.55. The highest BCUT2D eigenvalue weighted by Gasteiger charge is 2.31. The Balaban J connectivity index is 1.89. The van der Waals surface area contributed by atoms with Crippen molar-refractivity contribution in [3.8, 4) is 11.5 Å². The SMILES string of the molecule is CCc1cccnc1-c1noc(C2COCCC2NC)n1. The van der Waals surface area contributed by atoms with Gasteiger partial charge in [-0.25, -0.2) is 0 Å². The molecular formula is C15H20N4O2. The van der Waals surface area contributed by atoms with Crippen LogP contribution in [0.4, 0.5) is 0 Å². The first-order valence-corrected chi connectivity index (χ1v) is 7.36. The van der Waals surface area contributed by atoms with E-state index in [0.717, 1.165) is 30.7 Å². The standard InChI is InChI=1S/C15H20N4O2/c1-3-10-5-4-7-17-13(10)14-18-15(21-19-14)11-9-20-8-6-12(11)16-2/h4-5,7,11-12,16H,3,6,8-9H2,1-2H3. The second-order valence-corrected chi connectivity index (χ2v) is 5.19. The number of hydrogen-bond acceptors (Lipinski definition) is 6. The molecule has 2 unspecified atom stereocenters. The zero-order valence-corrected chi connectivity index (χ0v) is 12.4. The van der Waals surface area contributed by atoms with E-state index in [4.69, 9.17) is 9.26 Å². The van der Waals surface area contributed by atoms with Crippen LogP contribution in [-0.4, -0.2) is 41.4 Å². The number of nitrogens with zero attached hydrogens (tertiary/aromatic N) is 3. The Morgan fingerprint density at radius 2 is 2.33 bits per heavy atom. The molecule has 0 spiro atoms. The van der Waals surface area contributed by atoms with Crippen molar-refractivity contribution in [2.24, 2.45) is 0 Å². The van der Waals surface area contributed by atoms with Crippen molar-refractivity contribution in [2.75, 3.05) is 20.3 Å². The van der Waals surface area contributed by atoms with Crippen molar-refractivity contribution in [3.05, 3.63) is 29.8 Å². The second-order valence-electron chi connectivity index (χ2n) is 5.19. The summed E-state index contributed by atoms with van der Waals surface area (Å²) in [5, 5.41) is 7.41. The topological polar surface area (TPSA) is 73.1 Å². The number of ether oxygens (including phenoxy) is 1. The van der Waals surface area contributed by atoms with Crippen LogP contribution in [0.25, 0.3) is 11.5 Å². The Morgan fingerprint density at radius 1 is 1.43 bits per heavy atom. The molecule has 1 aliphatic rings. The first-order valence-electron chi connectivity index (χ1n) is 7.36. The van der Waals surface area contributed by atoms with Gasteiger partial charge in [-0.3, -0.25) is 4.98 Å². The predicted octanol–water partition coefficient (Wildman–Crippen LogP) is 1.79. The highest BCUT2D eigenvalue weighted by molar-refractivity contribution is 5.53. The molecule has 112 valence electrons. The number of pyridine rings is 1. The van der Waals surface area contributed by atoms with E-state index in [1.165, 1.54) is 0 Å². The molecule has 1 fully saturated rings. The van der Waals surface area contributed by atoms with Crippen LogP contribution in [0.3, 0.4) is 0 Å². The van der Waals surface area contributed by atoms with Gasteiger partial charge in [0.05, 0.1) is 12.5 Å². The van der Waals surface area contributed by atoms with Gasteiger partial charge < -0.3 is 14.6 Å². The van der Waals surface area contributed by atoms with E-state index < -0.39 is 0 Å². The fraction of sp³-hybridized carbons (Fsp3) is 0.533. The normalized spacial score (nSPS) is 22.4. The van der Waals surface area contributed by atoms with Crippen molar-refractivity contribution >= 4 is 0 Å².